The monoisotopic (exact) mass is 505 g/mol. The van der Waals surface area contributed by atoms with Crippen molar-refractivity contribution in [2.75, 3.05) is 13.2 Å². The maximum atomic E-state index is 13.9. The number of rotatable bonds is 12. The molecule has 1 aliphatic carbocycles. The van der Waals surface area contributed by atoms with Crippen LogP contribution in [0.25, 0.3) is 0 Å². The number of nitrogens with one attached hydrogen (secondary N) is 1. The zero-order chi connectivity index (χ0) is 25.3. The van der Waals surface area contributed by atoms with Crippen molar-refractivity contribution in [1.29, 1.82) is 0 Å². The lowest BCUT2D eigenvalue weighted by Crippen LogP contribution is -2.53. The van der Waals surface area contributed by atoms with Gasteiger partial charge in [0.2, 0.25) is 10.0 Å². The molecule has 1 fully saturated rings. The summed E-state index contributed by atoms with van der Waals surface area (Å²) in [5.41, 5.74) is 2.40. The maximum Gasteiger partial charge on any atom is 0.262 e. The summed E-state index contributed by atoms with van der Waals surface area (Å²) >= 11 is 0. The van der Waals surface area contributed by atoms with Crippen molar-refractivity contribution in [2.24, 2.45) is 5.92 Å². The van der Waals surface area contributed by atoms with Crippen LogP contribution in [0.5, 0.6) is 5.75 Å². The average Bonchev–Trinajstić information content (AvgIpc) is 2.88. The molecule has 1 aromatic heterocycles. The van der Waals surface area contributed by atoms with Gasteiger partial charge < -0.3 is 9.47 Å². The molecule has 10 heteroatoms. The molecule has 0 radical (unpaired) electrons. The Morgan fingerprint density at radius 3 is 2.34 bits per heavy atom. The minimum absolute atomic E-state index is 0.0393. The van der Waals surface area contributed by atoms with E-state index in [0.717, 1.165) is 19.3 Å². The van der Waals surface area contributed by atoms with Gasteiger partial charge in [-0.25, -0.2) is 13.9 Å². The number of ether oxygens (including phenoxy) is 2. The van der Waals surface area contributed by atoms with Gasteiger partial charge in [-0.15, -0.1) is 0 Å². The first-order valence-corrected chi connectivity index (χ1v) is 13.5. The summed E-state index contributed by atoms with van der Waals surface area (Å²) < 4.78 is 40.3. The Bertz CT molecular complexity index is 1020. The van der Waals surface area contributed by atoms with Crippen molar-refractivity contribution in [1.82, 2.24) is 14.8 Å². The molecule has 0 aliphatic heterocycles. The van der Waals surface area contributed by atoms with E-state index in [4.69, 9.17) is 9.47 Å². The van der Waals surface area contributed by atoms with Crippen LogP contribution in [-0.2, 0) is 26.1 Å². The second kappa shape index (κ2) is 13.0. The number of aromatic nitrogens is 1. The second-order valence-electron chi connectivity index (χ2n) is 8.64. The van der Waals surface area contributed by atoms with Crippen LogP contribution >= 0.6 is 0 Å². The molecule has 0 spiro atoms. The highest BCUT2D eigenvalue weighted by molar-refractivity contribution is 7.89. The third-order valence-electron chi connectivity index (χ3n) is 6.24. The SMILES string of the molecule is CCCOC1CCC(C(C(=O)NO)N(Cc2ccncc2)S(=O)(=O)c2ccc(OCC)cc2)CC1. The summed E-state index contributed by atoms with van der Waals surface area (Å²) in [5.74, 6) is -0.461. The van der Waals surface area contributed by atoms with E-state index in [1.54, 1.807) is 42.1 Å². The number of hydroxylamine groups is 1. The quantitative estimate of drug-likeness (QED) is 0.335. The van der Waals surface area contributed by atoms with Crippen LogP contribution in [0.15, 0.2) is 53.7 Å². The number of sulfonamides is 1. The normalized spacial score (nSPS) is 19.3. The average molecular weight is 506 g/mol. The molecule has 1 aliphatic rings. The fourth-order valence-electron chi connectivity index (χ4n) is 4.51. The second-order valence-corrected chi connectivity index (χ2v) is 10.5. The lowest BCUT2D eigenvalue weighted by molar-refractivity contribution is -0.136. The van der Waals surface area contributed by atoms with Crippen LogP contribution in [0, 0.1) is 5.92 Å². The van der Waals surface area contributed by atoms with Crippen LogP contribution in [-0.4, -0.2) is 54.2 Å². The highest BCUT2D eigenvalue weighted by atomic mass is 32.2. The summed E-state index contributed by atoms with van der Waals surface area (Å²) in [6.07, 6.45) is 6.85. The van der Waals surface area contributed by atoms with Gasteiger partial charge in [-0.3, -0.25) is 15.0 Å². The number of amides is 1. The first-order chi connectivity index (χ1) is 16.9. The largest absolute Gasteiger partial charge is 0.494 e. The minimum Gasteiger partial charge on any atom is -0.494 e. The van der Waals surface area contributed by atoms with Gasteiger partial charge in [-0.2, -0.15) is 4.31 Å². The van der Waals surface area contributed by atoms with Crippen molar-refractivity contribution in [2.45, 2.75) is 69.5 Å². The van der Waals surface area contributed by atoms with Gasteiger partial charge in [0.1, 0.15) is 11.8 Å². The summed E-state index contributed by atoms with van der Waals surface area (Å²) in [6.45, 7) is 5.00. The van der Waals surface area contributed by atoms with Crippen molar-refractivity contribution in [3.05, 3.63) is 54.4 Å². The lowest BCUT2D eigenvalue weighted by atomic mass is 9.82. The smallest absolute Gasteiger partial charge is 0.262 e. The van der Waals surface area contributed by atoms with E-state index in [1.807, 2.05) is 6.92 Å². The van der Waals surface area contributed by atoms with Crippen LogP contribution in [0.2, 0.25) is 0 Å². The van der Waals surface area contributed by atoms with Gasteiger partial charge in [0.25, 0.3) is 5.91 Å². The van der Waals surface area contributed by atoms with Crippen molar-refractivity contribution in [3.8, 4) is 5.75 Å². The van der Waals surface area contributed by atoms with Gasteiger partial charge in [0.05, 0.1) is 17.6 Å². The summed E-state index contributed by atoms with van der Waals surface area (Å²) in [4.78, 5) is 17.0. The van der Waals surface area contributed by atoms with E-state index in [0.29, 0.717) is 37.4 Å². The molecular formula is C25H35N3O6S. The molecule has 1 amide bonds. The zero-order valence-corrected chi connectivity index (χ0v) is 21.1. The number of carbonyl (C=O) groups is 1. The molecule has 0 bridgehead atoms. The Hall–Kier alpha value is -2.53. The Morgan fingerprint density at radius 2 is 1.77 bits per heavy atom. The first-order valence-electron chi connectivity index (χ1n) is 12.1. The molecule has 1 saturated carbocycles. The fourth-order valence-corrected chi connectivity index (χ4v) is 6.15. The third kappa shape index (κ3) is 7.00. The molecule has 1 atom stereocenters. The first kappa shape index (κ1) is 27.1. The molecule has 192 valence electrons. The molecule has 3 rings (SSSR count). The molecule has 0 saturated heterocycles. The van der Waals surface area contributed by atoms with Crippen LogP contribution < -0.4 is 10.2 Å². The number of nitrogens with zero attached hydrogens (tertiary/aromatic N) is 2. The van der Waals surface area contributed by atoms with Gasteiger partial charge in [-0.1, -0.05) is 6.92 Å². The topological polar surface area (TPSA) is 118 Å². The van der Waals surface area contributed by atoms with E-state index in [2.05, 4.69) is 11.9 Å². The maximum absolute atomic E-state index is 13.9. The number of pyridine rings is 1. The predicted octanol–water partition coefficient (Wildman–Crippen LogP) is 3.53. The van der Waals surface area contributed by atoms with Crippen molar-refractivity contribution >= 4 is 15.9 Å². The molecule has 2 N–H and O–H groups in total. The Labute approximate surface area is 207 Å². The van der Waals surface area contributed by atoms with Gasteiger partial charge >= 0.3 is 0 Å². The summed E-state index contributed by atoms with van der Waals surface area (Å²) in [5, 5.41) is 9.58. The van der Waals surface area contributed by atoms with Gasteiger partial charge in [0, 0.05) is 25.5 Å². The number of benzene rings is 1. The molecule has 1 aromatic carbocycles. The Kier molecular flexibility index (Phi) is 10.0. The molecule has 1 unspecified atom stereocenters. The molecular weight excluding hydrogens is 470 g/mol. The Balaban J connectivity index is 1.95. The number of hydrogen-bond donors (Lipinski definition) is 2. The van der Waals surface area contributed by atoms with Gasteiger partial charge in [0.15, 0.2) is 0 Å². The van der Waals surface area contributed by atoms with E-state index in [1.165, 1.54) is 16.4 Å². The Morgan fingerprint density at radius 1 is 1.11 bits per heavy atom. The van der Waals surface area contributed by atoms with E-state index in [9.17, 15) is 18.4 Å². The molecule has 9 nitrogen and oxygen atoms in total. The predicted molar refractivity (Wildman–Crippen MR) is 130 cm³/mol. The summed E-state index contributed by atoms with van der Waals surface area (Å²) in [7, 11) is -4.11. The number of carbonyl (C=O) groups excluding carboxylic acids is 1. The van der Waals surface area contributed by atoms with Crippen LogP contribution in [0.3, 0.4) is 0 Å². The highest BCUT2D eigenvalue weighted by Gasteiger charge is 2.42. The van der Waals surface area contributed by atoms with E-state index >= 15 is 0 Å². The molecule has 35 heavy (non-hydrogen) atoms. The van der Waals surface area contributed by atoms with Crippen LogP contribution in [0.4, 0.5) is 0 Å². The summed E-state index contributed by atoms with van der Waals surface area (Å²) in [6, 6.07) is 8.48. The molecule has 1 heterocycles. The molecule has 2 aromatic rings. The standard InChI is InChI=1S/C25H35N3O6S/c1-3-17-34-22-7-5-20(6-8-22)24(25(29)27-30)28(18-19-13-15-26-16-14-19)35(31,32)23-11-9-21(10-12-23)33-4-2/h9-16,20,22,24,30H,3-8,17-18H2,1-2H3,(H,27,29). The van der Waals surface area contributed by atoms with Crippen molar-refractivity contribution < 1.29 is 27.9 Å². The lowest BCUT2D eigenvalue weighted by Gasteiger charge is -2.38. The minimum atomic E-state index is -4.11. The van der Waals surface area contributed by atoms with Gasteiger partial charge in [-0.05, 0) is 86.9 Å². The van der Waals surface area contributed by atoms with E-state index in [-0.39, 0.29) is 23.5 Å². The van der Waals surface area contributed by atoms with E-state index < -0.39 is 22.0 Å². The highest BCUT2D eigenvalue weighted by Crippen LogP contribution is 2.34. The van der Waals surface area contributed by atoms with Crippen LogP contribution in [0.1, 0.15) is 51.5 Å². The third-order valence-corrected chi connectivity index (χ3v) is 8.08. The van der Waals surface area contributed by atoms with Crippen molar-refractivity contribution in [3.63, 3.8) is 0 Å². The fraction of sp³-hybridized carbons (Fsp3) is 0.520. The number of hydrogen-bond acceptors (Lipinski definition) is 7. The zero-order valence-electron chi connectivity index (χ0n) is 20.3.